The average Bonchev–Trinajstić information content (AvgIpc) is 2.88. The van der Waals surface area contributed by atoms with Crippen molar-refractivity contribution in [2.24, 2.45) is 0 Å². The highest BCUT2D eigenvalue weighted by Crippen LogP contribution is 2.19. The van der Waals surface area contributed by atoms with Gasteiger partial charge >= 0.3 is 0 Å². The Labute approximate surface area is 204 Å². The zero-order valence-corrected chi connectivity index (χ0v) is 19.1. The van der Waals surface area contributed by atoms with E-state index in [0.29, 0.717) is 35.9 Å². The second-order valence-corrected chi connectivity index (χ2v) is 7.78. The highest BCUT2D eigenvalue weighted by atomic mass is 16.5. The third-order valence-corrected chi connectivity index (χ3v) is 5.07. The molecule has 0 aromatic heterocycles. The SMILES string of the molecule is O=C(Cc1ccccc1)Nc1cccc(NC(=O)c2cccc(OCCOc3ccccc3)c2)c1. The summed E-state index contributed by atoms with van der Waals surface area (Å²) in [7, 11) is 0. The van der Waals surface area contributed by atoms with E-state index in [9.17, 15) is 9.59 Å². The lowest BCUT2D eigenvalue weighted by Crippen LogP contribution is -2.15. The van der Waals surface area contributed by atoms with E-state index in [2.05, 4.69) is 10.6 Å². The summed E-state index contributed by atoms with van der Waals surface area (Å²) in [4.78, 5) is 25.1. The molecule has 4 aromatic rings. The molecule has 0 saturated heterocycles. The highest BCUT2D eigenvalue weighted by molar-refractivity contribution is 6.05. The van der Waals surface area contributed by atoms with Crippen molar-refractivity contribution in [1.29, 1.82) is 0 Å². The fraction of sp³-hybridized carbons (Fsp3) is 0.103. The van der Waals surface area contributed by atoms with Crippen LogP contribution < -0.4 is 20.1 Å². The van der Waals surface area contributed by atoms with Gasteiger partial charge in [-0.3, -0.25) is 9.59 Å². The summed E-state index contributed by atoms with van der Waals surface area (Å²) in [5, 5.41) is 5.74. The van der Waals surface area contributed by atoms with Crippen LogP contribution in [0.3, 0.4) is 0 Å². The average molecular weight is 467 g/mol. The molecule has 0 unspecified atom stereocenters. The van der Waals surface area contributed by atoms with Crippen LogP contribution in [-0.2, 0) is 11.2 Å². The quantitative estimate of drug-likeness (QED) is 0.299. The lowest BCUT2D eigenvalue weighted by atomic mass is 10.1. The third kappa shape index (κ3) is 7.47. The molecule has 0 aliphatic rings. The maximum absolute atomic E-state index is 12.8. The summed E-state index contributed by atoms with van der Waals surface area (Å²) in [6.07, 6.45) is 0.278. The number of nitrogens with one attached hydrogen (secondary N) is 2. The van der Waals surface area contributed by atoms with E-state index >= 15 is 0 Å². The Kier molecular flexibility index (Phi) is 8.11. The minimum Gasteiger partial charge on any atom is -0.490 e. The van der Waals surface area contributed by atoms with Crippen molar-refractivity contribution in [1.82, 2.24) is 0 Å². The molecule has 0 aliphatic heterocycles. The van der Waals surface area contributed by atoms with Crippen LogP contribution in [0.2, 0.25) is 0 Å². The lowest BCUT2D eigenvalue weighted by Gasteiger charge is -2.11. The van der Waals surface area contributed by atoms with Crippen LogP contribution in [0.25, 0.3) is 0 Å². The molecule has 2 amide bonds. The molecule has 0 fully saturated rings. The molecule has 4 rings (SSSR count). The number of rotatable bonds is 10. The number of carbonyl (C=O) groups is 2. The molecule has 35 heavy (non-hydrogen) atoms. The summed E-state index contributed by atoms with van der Waals surface area (Å²) in [5.74, 6) is 0.962. The summed E-state index contributed by atoms with van der Waals surface area (Å²) in [6, 6.07) is 33.1. The largest absolute Gasteiger partial charge is 0.490 e. The van der Waals surface area contributed by atoms with Gasteiger partial charge in [0.15, 0.2) is 0 Å². The Morgan fingerprint density at radius 2 is 1.20 bits per heavy atom. The summed E-state index contributed by atoms with van der Waals surface area (Å²) in [6.45, 7) is 0.744. The molecule has 6 nitrogen and oxygen atoms in total. The van der Waals surface area contributed by atoms with Gasteiger partial charge in [0, 0.05) is 16.9 Å². The summed E-state index contributed by atoms with van der Waals surface area (Å²) < 4.78 is 11.3. The maximum Gasteiger partial charge on any atom is 0.255 e. The van der Waals surface area contributed by atoms with E-state index in [1.807, 2.05) is 60.7 Å². The predicted molar refractivity (Wildman–Crippen MR) is 137 cm³/mol. The number of carbonyl (C=O) groups excluding carboxylic acids is 2. The molecule has 0 saturated carbocycles. The Morgan fingerprint density at radius 3 is 1.94 bits per heavy atom. The van der Waals surface area contributed by atoms with Gasteiger partial charge in [-0.1, -0.05) is 60.7 Å². The molecule has 0 spiro atoms. The van der Waals surface area contributed by atoms with Gasteiger partial charge in [0.1, 0.15) is 24.7 Å². The third-order valence-electron chi connectivity index (χ3n) is 5.07. The van der Waals surface area contributed by atoms with Crippen LogP contribution in [0.1, 0.15) is 15.9 Å². The fourth-order valence-electron chi connectivity index (χ4n) is 3.43. The zero-order valence-electron chi connectivity index (χ0n) is 19.1. The number of benzene rings is 4. The molecule has 0 heterocycles. The van der Waals surface area contributed by atoms with Crippen LogP contribution >= 0.6 is 0 Å². The second kappa shape index (κ2) is 12.0. The molecule has 176 valence electrons. The van der Waals surface area contributed by atoms with Crippen molar-refractivity contribution in [2.45, 2.75) is 6.42 Å². The maximum atomic E-state index is 12.8. The molecule has 2 N–H and O–H groups in total. The van der Waals surface area contributed by atoms with E-state index in [0.717, 1.165) is 11.3 Å². The van der Waals surface area contributed by atoms with Gasteiger partial charge in [0.25, 0.3) is 5.91 Å². The zero-order chi connectivity index (χ0) is 24.3. The minimum absolute atomic E-state index is 0.124. The molecule has 6 heteroatoms. The first kappa shape index (κ1) is 23.6. The second-order valence-electron chi connectivity index (χ2n) is 7.78. The summed E-state index contributed by atoms with van der Waals surface area (Å²) >= 11 is 0. The van der Waals surface area contributed by atoms with E-state index in [1.54, 1.807) is 48.5 Å². The summed E-state index contributed by atoms with van der Waals surface area (Å²) in [5.41, 5.74) is 2.59. The first-order valence-corrected chi connectivity index (χ1v) is 11.3. The van der Waals surface area contributed by atoms with Gasteiger partial charge in [0.2, 0.25) is 5.91 Å². The van der Waals surface area contributed by atoms with Crippen LogP contribution in [0, 0.1) is 0 Å². The topological polar surface area (TPSA) is 76.7 Å². The Hall–Kier alpha value is -4.58. The molecule has 4 aromatic carbocycles. The number of para-hydroxylation sites is 1. The first-order chi connectivity index (χ1) is 17.2. The van der Waals surface area contributed by atoms with Crippen LogP contribution in [0.4, 0.5) is 11.4 Å². The van der Waals surface area contributed by atoms with E-state index < -0.39 is 0 Å². The standard InChI is InChI=1S/C29H26N2O4/c32-28(19-22-9-3-1-4-10-22)30-24-12-8-13-25(21-24)31-29(33)23-11-7-16-27(20-23)35-18-17-34-26-14-5-2-6-15-26/h1-16,20-21H,17-19H2,(H,30,32)(H,31,33). The fourth-order valence-corrected chi connectivity index (χ4v) is 3.43. The van der Waals surface area contributed by atoms with Gasteiger partial charge in [-0.05, 0) is 54.1 Å². The van der Waals surface area contributed by atoms with Crippen LogP contribution in [-0.4, -0.2) is 25.0 Å². The molecule has 0 radical (unpaired) electrons. The molecule has 0 aliphatic carbocycles. The molecular formula is C29H26N2O4. The van der Waals surface area contributed by atoms with Crippen molar-refractivity contribution in [3.63, 3.8) is 0 Å². The molecule has 0 bridgehead atoms. The van der Waals surface area contributed by atoms with Crippen molar-refractivity contribution >= 4 is 23.2 Å². The van der Waals surface area contributed by atoms with E-state index in [1.165, 1.54) is 0 Å². The van der Waals surface area contributed by atoms with Gasteiger partial charge in [-0.2, -0.15) is 0 Å². The smallest absolute Gasteiger partial charge is 0.255 e. The van der Waals surface area contributed by atoms with Gasteiger partial charge in [-0.25, -0.2) is 0 Å². The Bertz CT molecular complexity index is 1260. The number of anilines is 2. The number of ether oxygens (including phenoxy) is 2. The van der Waals surface area contributed by atoms with Gasteiger partial charge < -0.3 is 20.1 Å². The normalized spacial score (nSPS) is 10.3. The molecule has 0 atom stereocenters. The number of hydrogen-bond acceptors (Lipinski definition) is 4. The molecular weight excluding hydrogens is 440 g/mol. The number of hydrogen-bond donors (Lipinski definition) is 2. The number of amides is 2. The Morgan fingerprint density at radius 1 is 0.600 bits per heavy atom. The van der Waals surface area contributed by atoms with Crippen LogP contribution in [0.5, 0.6) is 11.5 Å². The van der Waals surface area contributed by atoms with E-state index in [-0.39, 0.29) is 18.2 Å². The first-order valence-electron chi connectivity index (χ1n) is 11.3. The van der Waals surface area contributed by atoms with Crippen molar-refractivity contribution in [3.8, 4) is 11.5 Å². The van der Waals surface area contributed by atoms with E-state index in [4.69, 9.17) is 9.47 Å². The van der Waals surface area contributed by atoms with Gasteiger partial charge in [0.05, 0.1) is 6.42 Å². The van der Waals surface area contributed by atoms with Crippen molar-refractivity contribution in [2.75, 3.05) is 23.8 Å². The minimum atomic E-state index is -0.274. The lowest BCUT2D eigenvalue weighted by molar-refractivity contribution is -0.115. The predicted octanol–water partition coefficient (Wildman–Crippen LogP) is 5.58. The van der Waals surface area contributed by atoms with Gasteiger partial charge in [-0.15, -0.1) is 0 Å². The van der Waals surface area contributed by atoms with Crippen molar-refractivity contribution in [3.05, 3.63) is 120 Å². The highest BCUT2D eigenvalue weighted by Gasteiger charge is 2.09. The Balaban J connectivity index is 1.29. The van der Waals surface area contributed by atoms with Crippen LogP contribution in [0.15, 0.2) is 109 Å². The van der Waals surface area contributed by atoms with Crippen molar-refractivity contribution < 1.29 is 19.1 Å². The monoisotopic (exact) mass is 466 g/mol.